The van der Waals surface area contributed by atoms with E-state index in [1.807, 2.05) is 54.6 Å². The standard InChI is InChI=1S/C64H43N5/c1-65-63(67-64(43-19-6-3-7-20-43)66-41-42-17-4-2-5-18-42)46-21-16-22-47(37-46)69-59-29-14-12-27-54(59)56-34-31-45(39-62(56)69)44-32-36-61-58(38-44)55-28-13-15-30-60(55)68(61)48-33-35-53-51-25-9-8-23-49(51)50-24-10-11-26-52(50)57(53)40-48/h2-40H,1,41H2. The van der Waals surface area contributed by atoms with Crippen LogP contribution in [0.2, 0.25) is 0 Å². The molecule has 5 nitrogen and oxygen atoms in total. The van der Waals surface area contributed by atoms with E-state index in [9.17, 15) is 0 Å². The van der Waals surface area contributed by atoms with Crippen LogP contribution < -0.4 is 0 Å². The molecule has 11 aromatic carbocycles. The molecular weight excluding hydrogens is 839 g/mol. The first kappa shape index (κ1) is 40.1. The Morgan fingerprint density at radius 3 is 1.52 bits per heavy atom. The smallest absolute Gasteiger partial charge is 0.161 e. The van der Waals surface area contributed by atoms with E-state index in [0.29, 0.717) is 18.2 Å². The Balaban J connectivity index is 0.930. The molecule has 0 amide bonds. The molecule has 0 fully saturated rings. The summed E-state index contributed by atoms with van der Waals surface area (Å²) in [7, 11) is 0. The van der Waals surface area contributed by atoms with Crippen molar-refractivity contribution in [1.82, 2.24) is 9.13 Å². The van der Waals surface area contributed by atoms with E-state index in [1.165, 1.54) is 64.9 Å². The largest absolute Gasteiger partial charge is 0.309 e. The van der Waals surface area contributed by atoms with Gasteiger partial charge >= 0.3 is 0 Å². The maximum absolute atomic E-state index is 5.08. The number of fused-ring (bicyclic) bond motifs is 12. The molecule has 0 aliphatic heterocycles. The van der Waals surface area contributed by atoms with Gasteiger partial charge in [-0.2, -0.15) is 0 Å². The molecule has 0 aliphatic carbocycles. The van der Waals surface area contributed by atoms with Crippen molar-refractivity contribution in [3.8, 4) is 22.5 Å². The number of benzene rings is 11. The fourth-order valence-corrected chi connectivity index (χ4v) is 10.5. The number of hydrogen-bond donors (Lipinski definition) is 0. The quantitative estimate of drug-likeness (QED) is 0.0870. The monoisotopic (exact) mass is 881 g/mol. The van der Waals surface area contributed by atoms with Gasteiger partial charge in [-0.1, -0.05) is 182 Å². The molecule has 5 heteroatoms. The van der Waals surface area contributed by atoms with Crippen LogP contribution in [-0.4, -0.2) is 27.5 Å². The summed E-state index contributed by atoms with van der Waals surface area (Å²) in [6.07, 6.45) is 0. The third-order valence-electron chi connectivity index (χ3n) is 13.7. The first-order chi connectivity index (χ1) is 34.2. The number of aromatic nitrogens is 2. The summed E-state index contributed by atoms with van der Waals surface area (Å²) in [6, 6.07) is 84.5. The third-order valence-corrected chi connectivity index (χ3v) is 13.7. The van der Waals surface area contributed by atoms with Gasteiger partial charge < -0.3 is 9.13 Å². The summed E-state index contributed by atoms with van der Waals surface area (Å²) < 4.78 is 4.79. The second-order valence-corrected chi connectivity index (χ2v) is 17.6. The van der Waals surface area contributed by atoms with E-state index >= 15 is 0 Å². The normalized spacial score (nSPS) is 12.3. The van der Waals surface area contributed by atoms with Crippen LogP contribution >= 0.6 is 0 Å². The average molecular weight is 882 g/mol. The Morgan fingerprint density at radius 1 is 0.333 bits per heavy atom. The average Bonchev–Trinajstić information content (AvgIpc) is 3.93. The molecule has 13 rings (SSSR count). The van der Waals surface area contributed by atoms with Crippen molar-refractivity contribution in [1.29, 1.82) is 0 Å². The van der Waals surface area contributed by atoms with Crippen molar-refractivity contribution in [2.24, 2.45) is 15.0 Å². The number of rotatable bonds is 7. The molecule has 0 aliphatic rings. The van der Waals surface area contributed by atoms with Gasteiger partial charge in [-0.15, -0.1) is 0 Å². The summed E-state index contributed by atoms with van der Waals surface area (Å²) in [5, 5.41) is 12.4. The highest BCUT2D eigenvalue weighted by molar-refractivity contribution is 6.26. The highest BCUT2D eigenvalue weighted by Crippen LogP contribution is 2.41. The number of hydrogen-bond acceptors (Lipinski definition) is 1. The van der Waals surface area contributed by atoms with Crippen molar-refractivity contribution < 1.29 is 0 Å². The maximum Gasteiger partial charge on any atom is 0.161 e. The molecule has 0 saturated heterocycles. The molecule has 324 valence electrons. The van der Waals surface area contributed by atoms with Crippen molar-refractivity contribution in [2.75, 3.05) is 0 Å². The van der Waals surface area contributed by atoms with Gasteiger partial charge in [0.15, 0.2) is 11.7 Å². The van der Waals surface area contributed by atoms with Crippen LogP contribution in [0.15, 0.2) is 252 Å². The number of aliphatic imine (C=N–C) groups is 3. The highest BCUT2D eigenvalue weighted by atomic mass is 15.0. The van der Waals surface area contributed by atoms with Crippen LogP contribution in [0.5, 0.6) is 0 Å². The minimum Gasteiger partial charge on any atom is -0.309 e. The van der Waals surface area contributed by atoms with E-state index in [4.69, 9.17) is 9.98 Å². The van der Waals surface area contributed by atoms with E-state index in [1.54, 1.807) is 0 Å². The highest BCUT2D eigenvalue weighted by Gasteiger charge is 2.18. The first-order valence-corrected chi connectivity index (χ1v) is 23.4. The van der Waals surface area contributed by atoms with Crippen molar-refractivity contribution in [2.45, 2.75) is 6.54 Å². The lowest BCUT2D eigenvalue weighted by molar-refractivity contribution is 1.06. The molecule has 69 heavy (non-hydrogen) atoms. The minimum absolute atomic E-state index is 0.498. The lowest BCUT2D eigenvalue weighted by atomic mass is 9.94. The summed E-state index contributed by atoms with van der Waals surface area (Å²) in [6.45, 7) is 4.49. The van der Waals surface area contributed by atoms with Crippen LogP contribution in [0, 0.1) is 0 Å². The molecular formula is C64H43N5. The molecule has 0 atom stereocenters. The fraction of sp³-hybridized carbons (Fsp3) is 0.0156. The van der Waals surface area contributed by atoms with Gasteiger partial charge in [-0.05, 0) is 110 Å². The molecule has 0 N–H and O–H groups in total. The van der Waals surface area contributed by atoms with Crippen LogP contribution in [0.25, 0.3) is 98.4 Å². The Bertz CT molecular complexity index is 4200. The van der Waals surface area contributed by atoms with Gasteiger partial charge in [0.2, 0.25) is 0 Å². The SMILES string of the molecule is C=NC(=NC(=NCc1ccccc1)c1ccccc1)c1cccc(-n2c3ccccc3c3ccc(-c4ccc5c(c4)c4ccccc4n5-c4ccc5c6ccccc6c6ccccc6c5c4)cc32)c1. The van der Waals surface area contributed by atoms with Gasteiger partial charge in [-0.3, -0.25) is 4.99 Å². The van der Waals surface area contributed by atoms with E-state index in [0.717, 1.165) is 50.2 Å². The minimum atomic E-state index is 0.498. The zero-order valence-electron chi connectivity index (χ0n) is 37.7. The van der Waals surface area contributed by atoms with Crippen molar-refractivity contribution in [3.63, 3.8) is 0 Å². The Morgan fingerprint density at radius 2 is 0.826 bits per heavy atom. The van der Waals surface area contributed by atoms with Gasteiger partial charge in [0.05, 0.1) is 28.6 Å². The lowest BCUT2D eigenvalue weighted by Crippen LogP contribution is -2.06. The lowest BCUT2D eigenvalue weighted by Gasteiger charge is -2.14. The molecule has 13 aromatic rings. The van der Waals surface area contributed by atoms with Gasteiger partial charge in [0, 0.05) is 44.0 Å². The second-order valence-electron chi connectivity index (χ2n) is 17.6. The molecule has 2 aromatic heterocycles. The fourth-order valence-electron chi connectivity index (χ4n) is 10.5. The summed E-state index contributed by atoms with van der Waals surface area (Å²) in [4.78, 5) is 14.6. The van der Waals surface area contributed by atoms with Crippen LogP contribution in [0.3, 0.4) is 0 Å². The molecule has 2 heterocycles. The Kier molecular flexibility index (Phi) is 9.65. The topological polar surface area (TPSA) is 46.9 Å². The number of amidine groups is 2. The zero-order chi connectivity index (χ0) is 45.8. The molecule has 0 spiro atoms. The summed E-state index contributed by atoms with van der Waals surface area (Å²) in [5.74, 6) is 1.11. The maximum atomic E-state index is 5.08. The Hall–Kier alpha value is -9.19. The molecule has 0 saturated carbocycles. The van der Waals surface area contributed by atoms with Gasteiger partial charge in [0.25, 0.3) is 0 Å². The van der Waals surface area contributed by atoms with Crippen LogP contribution in [-0.2, 0) is 6.54 Å². The predicted octanol–water partition coefficient (Wildman–Crippen LogP) is 16.1. The number of para-hydroxylation sites is 2. The van der Waals surface area contributed by atoms with Gasteiger partial charge in [0.1, 0.15) is 0 Å². The van der Waals surface area contributed by atoms with Crippen LogP contribution in [0.4, 0.5) is 0 Å². The molecule has 0 bridgehead atoms. The predicted molar refractivity (Wildman–Crippen MR) is 292 cm³/mol. The molecule has 0 unspecified atom stereocenters. The van der Waals surface area contributed by atoms with E-state index in [2.05, 4.69) is 203 Å². The first-order valence-electron chi connectivity index (χ1n) is 23.4. The van der Waals surface area contributed by atoms with Gasteiger partial charge in [-0.25, -0.2) is 9.98 Å². The van der Waals surface area contributed by atoms with Crippen molar-refractivity contribution >= 4 is 94.3 Å². The zero-order valence-corrected chi connectivity index (χ0v) is 37.7. The number of nitrogens with zero attached hydrogens (tertiary/aromatic N) is 5. The van der Waals surface area contributed by atoms with Crippen LogP contribution in [0.1, 0.15) is 16.7 Å². The third kappa shape index (κ3) is 6.82. The Labute approximate surface area is 398 Å². The van der Waals surface area contributed by atoms with E-state index < -0.39 is 0 Å². The summed E-state index contributed by atoms with van der Waals surface area (Å²) >= 11 is 0. The summed E-state index contributed by atoms with van der Waals surface area (Å²) in [5.41, 5.74) is 11.9. The van der Waals surface area contributed by atoms with E-state index in [-0.39, 0.29) is 0 Å². The second kappa shape index (κ2) is 16.6. The molecule has 0 radical (unpaired) electrons. The van der Waals surface area contributed by atoms with Crippen molar-refractivity contribution in [3.05, 3.63) is 253 Å².